The Labute approximate surface area is 138 Å². The van der Waals surface area contributed by atoms with Gasteiger partial charge >= 0.3 is 0 Å². The maximum Gasteiger partial charge on any atom is 0.224 e. The van der Waals surface area contributed by atoms with Crippen LogP contribution in [-0.2, 0) is 6.42 Å². The summed E-state index contributed by atoms with van der Waals surface area (Å²) < 4.78 is 26.7. The Morgan fingerprint density at radius 1 is 1.13 bits per heavy atom. The van der Waals surface area contributed by atoms with Gasteiger partial charge in [-0.1, -0.05) is 12.1 Å². The van der Waals surface area contributed by atoms with E-state index in [4.69, 9.17) is 11.6 Å². The zero-order valence-electron chi connectivity index (χ0n) is 12.5. The molecule has 120 valence electrons. The van der Waals surface area contributed by atoms with Crippen molar-refractivity contribution in [3.05, 3.63) is 52.2 Å². The monoisotopic (exact) mass is 335 g/mol. The number of fused-ring (bicyclic) bond motifs is 1. The maximum atomic E-state index is 13.5. The highest BCUT2D eigenvalue weighted by molar-refractivity contribution is 6.28. The van der Waals surface area contributed by atoms with Gasteiger partial charge in [0.15, 0.2) is 0 Å². The highest BCUT2D eigenvalue weighted by Gasteiger charge is 2.33. The molecule has 1 aromatic carbocycles. The smallest absolute Gasteiger partial charge is 0.224 e. The summed E-state index contributed by atoms with van der Waals surface area (Å²) in [4.78, 5) is 10.7. The molecule has 4 rings (SSSR count). The van der Waals surface area contributed by atoms with E-state index in [1.165, 1.54) is 12.1 Å². The van der Waals surface area contributed by atoms with Crippen LogP contribution < -0.4 is 4.90 Å². The van der Waals surface area contributed by atoms with Gasteiger partial charge in [0, 0.05) is 18.0 Å². The fourth-order valence-corrected chi connectivity index (χ4v) is 3.78. The number of rotatable bonds is 2. The fraction of sp³-hybridized carbons (Fsp3) is 0.412. The molecule has 0 spiro atoms. The van der Waals surface area contributed by atoms with Gasteiger partial charge in [0.1, 0.15) is 17.8 Å². The van der Waals surface area contributed by atoms with E-state index in [-0.39, 0.29) is 17.0 Å². The molecule has 1 aliphatic carbocycles. The summed E-state index contributed by atoms with van der Waals surface area (Å²) in [7, 11) is 0. The number of nitrogens with zero attached hydrogens (tertiary/aromatic N) is 3. The zero-order valence-corrected chi connectivity index (χ0v) is 13.2. The van der Waals surface area contributed by atoms with E-state index in [1.54, 1.807) is 12.1 Å². The summed E-state index contributed by atoms with van der Waals surface area (Å²) in [6, 6.07) is 6.51. The van der Waals surface area contributed by atoms with Gasteiger partial charge in [-0.15, -0.1) is 0 Å². The van der Waals surface area contributed by atoms with Crippen molar-refractivity contribution < 1.29 is 8.78 Å². The van der Waals surface area contributed by atoms with Crippen molar-refractivity contribution in [3.63, 3.8) is 0 Å². The lowest BCUT2D eigenvalue weighted by Crippen LogP contribution is -2.23. The molecule has 0 N–H and O–H groups in total. The number of aromatic nitrogens is 2. The van der Waals surface area contributed by atoms with Gasteiger partial charge < -0.3 is 4.90 Å². The quantitative estimate of drug-likeness (QED) is 0.779. The van der Waals surface area contributed by atoms with Crippen LogP contribution in [0, 0.1) is 5.82 Å². The molecule has 3 nitrogen and oxygen atoms in total. The van der Waals surface area contributed by atoms with Crippen LogP contribution >= 0.6 is 11.6 Å². The third-order valence-corrected chi connectivity index (χ3v) is 4.87. The summed E-state index contributed by atoms with van der Waals surface area (Å²) in [5, 5.41) is 0.190. The summed E-state index contributed by atoms with van der Waals surface area (Å²) in [6.07, 6.45) is 1.43. The number of hydrogen-bond donors (Lipinski definition) is 0. The van der Waals surface area contributed by atoms with Crippen molar-refractivity contribution in [2.24, 2.45) is 0 Å². The Bertz CT molecular complexity index is 735. The van der Waals surface area contributed by atoms with Crippen LogP contribution in [0.3, 0.4) is 0 Å². The van der Waals surface area contributed by atoms with E-state index in [1.807, 2.05) is 4.90 Å². The highest BCUT2D eigenvalue weighted by Crippen LogP contribution is 2.41. The van der Waals surface area contributed by atoms with Crippen molar-refractivity contribution in [2.75, 3.05) is 18.0 Å². The van der Waals surface area contributed by atoms with Crippen LogP contribution in [0.15, 0.2) is 24.3 Å². The van der Waals surface area contributed by atoms with Gasteiger partial charge in [-0.25, -0.2) is 18.7 Å². The van der Waals surface area contributed by atoms with Crippen LogP contribution in [0.5, 0.6) is 0 Å². The Balaban J connectivity index is 1.74. The fourth-order valence-electron chi connectivity index (χ4n) is 3.61. The summed E-state index contributed by atoms with van der Waals surface area (Å²) >= 11 is 6.12. The molecule has 0 amide bonds. The standard InChI is InChI=1S/C17H16ClF2N3/c18-17-21-15-13(10-1-3-11(19)4-2-10)5-6-14(15)16(22-17)23-8-7-12(20)9-23/h1-4,12-13H,5-9H2. The number of benzene rings is 1. The molecule has 0 saturated carbocycles. The second kappa shape index (κ2) is 5.71. The molecule has 1 aliphatic heterocycles. The Morgan fingerprint density at radius 3 is 2.61 bits per heavy atom. The lowest BCUT2D eigenvalue weighted by Gasteiger charge is -2.20. The first kappa shape index (κ1) is 14.8. The van der Waals surface area contributed by atoms with Crippen LogP contribution in [0.25, 0.3) is 0 Å². The molecule has 2 aromatic rings. The SMILES string of the molecule is Fc1ccc(C2CCc3c2nc(Cl)nc3N2CCC(F)C2)cc1. The van der Waals surface area contributed by atoms with Gasteiger partial charge in [0.05, 0.1) is 12.2 Å². The predicted octanol–water partition coefficient (Wildman–Crippen LogP) is 3.90. The second-order valence-electron chi connectivity index (χ2n) is 6.15. The van der Waals surface area contributed by atoms with Crippen LogP contribution in [0.1, 0.15) is 35.6 Å². The van der Waals surface area contributed by atoms with Crippen molar-refractivity contribution in [2.45, 2.75) is 31.4 Å². The van der Waals surface area contributed by atoms with Crippen molar-refractivity contribution in [1.29, 1.82) is 0 Å². The first-order chi connectivity index (χ1) is 11.1. The van der Waals surface area contributed by atoms with Crippen molar-refractivity contribution in [3.8, 4) is 0 Å². The van der Waals surface area contributed by atoms with Gasteiger partial charge in [-0.05, 0) is 48.6 Å². The third-order valence-electron chi connectivity index (χ3n) is 4.71. The largest absolute Gasteiger partial charge is 0.353 e. The number of alkyl halides is 1. The third kappa shape index (κ3) is 2.67. The molecule has 23 heavy (non-hydrogen) atoms. The Morgan fingerprint density at radius 2 is 1.91 bits per heavy atom. The topological polar surface area (TPSA) is 29.0 Å². The highest BCUT2D eigenvalue weighted by atomic mass is 35.5. The molecule has 1 fully saturated rings. The van der Waals surface area contributed by atoms with Gasteiger partial charge in [-0.3, -0.25) is 0 Å². The molecule has 2 heterocycles. The van der Waals surface area contributed by atoms with Crippen LogP contribution in [0.2, 0.25) is 5.28 Å². The molecular weight excluding hydrogens is 320 g/mol. The van der Waals surface area contributed by atoms with Gasteiger partial charge in [0.25, 0.3) is 0 Å². The maximum absolute atomic E-state index is 13.5. The van der Waals surface area contributed by atoms with E-state index in [0.29, 0.717) is 19.5 Å². The molecule has 6 heteroatoms. The average Bonchev–Trinajstić information content (AvgIpc) is 3.14. The minimum atomic E-state index is -0.811. The lowest BCUT2D eigenvalue weighted by atomic mass is 9.97. The Kier molecular flexibility index (Phi) is 3.68. The Hall–Kier alpha value is -1.75. The van der Waals surface area contributed by atoms with Crippen LogP contribution in [0.4, 0.5) is 14.6 Å². The minimum Gasteiger partial charge on any atom is -0.353 e. The summed E-state index contributed by atoms with van der Waals surface area (Å²) in [6.45, 7) is 1.02. The molecule has 1 saturated heterocycles. The van der Waals surface area contributed by atoms with Crippen molar-refractivity contribution in [1.82, 2.24) is 9.97 Å². The molecule has 0 bridgehead atoms. The average molecular weight is 336 g/mol. The van der Waals surface area contributed by atoms with E-state index >= 15 is 0 Å². The van der Waals surface area contributed by atoms with Gasteiger partial charge in [-0.2, -0.15) is 0 Å². The first-order valence-corrected chi connectivity index (χ1v) is 8.20. The molecule has 2 atom stereocenters. The van der Waals surface area contributed by atoms with E-state index in [2.05, 4.69) is 9.97 Å². The number of anilines is 1. The molecule has 2 aliphatic rings. The summed E-state index contributed by atoms with van der Waals surface area (Å²) in [5.74, 6) is 0.609. The molecular formula is C17H16ClF2N3. The normalized spacial score (nSPS) is 23.3. The molecule has 2 unspecified atom stereocenters. The van der Waals surface area contributed by atoms with Crippen LogP contribution in [-0.4, -0.2) is 29.2 Å². The lowest BCUT2D eigenvalue weighted by molar-refractivity contribution is 0.364. The summed E-state index contributed by atoms with van der Waals surface area (Å²) in [5.41, 5.74) is 2.97. The van der Waals surface area contributed by atoms with E-state index in [0.717, 1.165) is 35.5 Å². The zero-order chi connectivity index (χ0) is 16.0. The second-order valence-corrected chi connectivity index (χ2v) is 6.49. The predicted molar refractivity (Wildman–Crippen MR) is 85.3 cm³/mol. The van der Waals surface area contributed by atoms with E-state index < -0.39 is 6.17 Å². The number of hydrogen-bond acceptors (Lipinski definition) is 3. The number of halogens is 3. The van der Waals surface area contributed by atoms with E-state index in [9.17, 15) is 8.78 Å². The first-order valence-electron chi connectivity index (χ1n) is 7.82. The van der Waals surface area contributed by atoms with Gasteiger partial charge in [0.2, 0.25) is 5.28 Å². The minimum absolute atomic E-state index is 0.0913. The molecule has 0 radical (unpaired) electrons. The van der Waals surface area contributed by atoms with Crippen molar-refractivity contribution >= 4 is 17.4 Å². The molecule has 1 aromatic heterocycles.